The number of rotatable bonds is 6. The Morgan fingerprint density at radius 1 is 1.47 bits per heavy atom. The smallest absolute Gasteiger partial charge is 0.243 e. The highest BCUT2D eigenvalue weighted by Gasteiger charge is 2.26. The van der Waals surface area contributed by atoms with Crippen molar-refractivity contribution in [3.05, 3.63) is 30.9 Å². The van der Waals surface area contributed by atoms with Crippen LogP contribution in [0.1, 0.15) is 13.8 Å². The van der Waals surface area contributed by atoms with Crippen LogP contribution in [0.5, 0.6) is 5.75 Å². The van der Waals surface area contributed by atoms with Crippen LogP contribution in [0.4, 0.5) is 5.69 Å². The van der Waals surface area contributed by atoms with Crippen LogP contribution in [-0.4, -0.2) is 32.4 Å². The zero-order valence-electron chi connectivity index (χ0n) is 11.5. The molecule has 0 radical (unpaired) electrons. The van der Waals surface area contributed by atoms with Crippen molar-refractivity contribution < 1.29 is 13.2 Å². The molecule has 0 aromatic heterocycles. The van der Waals surface area contributed by atoms with E-state index < -0.39 is 10.0 Å². The normalized spacial score (nSPS) is 11.8. The molecule has 0 fully saturated rings. The third-order valence-electron chi connectivity index (χ3n) is 2.70. The number of nitrogens with two attached hydrogens (primary N) is 1. The van der Waals surface area contributed by atoms with E-state index in [2.05, 4.69) is 6.58 Å². The van der Waals surface area contributed by atoms with Gasteiger partial charge in [-0.15, -0.1) is 6.58 Å². The second-order valence-electron chi connectivity index (χ2n) is 4.36. The number of benzene rings is 1. The summed E-state index contributed by atoms with van der Waals surface area (Å²) in [6.45, 7) is 7.47. The van der Waals surface area contributed by atoms with E-state index >= 15 is 0 Å². The van der Waals surface area contributed by atoms with E-state index in [1.807, 2.05) is 13.8 Å². The van der Waals surface area contributed by atoms with E-state index in [4.69, 9.17) is 10.5 Å². The predicted octanol–water partition coefficient (Wildman–Crippen LogP) is 1.86. The Morgan fingerprint density at radius 2 is 2.11 bits per heavy atom. The lowest BCUT2D eigenvalue weighted by molar-refractivity contribution is 0.381. The molecule has 0 saturated heterocycles. The van der Waals surface area contributed by atoms with E-state index in [1.54, 1.807) is 6.08 Å². The van der Waals surface area contributed by atoms with Crippen LogP contribution in [0, 0.1) is 0 Å². The van der Waals surface area contributed by atoms with E-state index in [1.165, 1.54) is 29.6 Å². The number of methoxy groups -OCH3 is 1. The lowest BCUT2D eigenvalue weighted by Gasteiger charge is -2.24. The van der Waals surface area contributed by atoms with E-state index in [0.29, 0.717) is 11.4 Å². The Morgan fingerprint density at radius 3 is 2.58 bits per heavy atom. The van der Waals surface area contributed by atoms with Crippen LogP contribution in [-0.2, 0) is 10.0 Å². The van der Waals surface area contributed by atoms with Crippen LogP contribution in [0.3, 0.4) is 0 Å². The summed E-state index contributed by atoms with van der Waals surface area (Å²) < 4.78 is 31.5. The largest absolute Gasteiger partial charge is 0.495 e. The van der Waals surface area contributed by atoms with Crippen LogP contribution in [0.25, 0.3) is 0 Å². The van der Waals surface area contributed by atoms with Gasteiger partial charge in [0.1, 0.15) is 5.75 Å². The second kappa shape index (κ2) is 6.08. The molecule has 6 heteroatoms. The number of hydrogen-bond acceptors (Lipinski definition) is 4. The Labute approximate surface area is 114 Å². The van der Waals surface area contributed by atoms with E-state index in [-0.39, 0.29) is 17.5 Å². The zero-order valence-corrected chi connectivity index (χ0v) is 12.3. The van der Waals surface area contributed by atoms with Gasteiger partial charge in [0.25, 0.3) is 0 Å². The lowest BCUT2D eigenvalue weighted by atomic mass is 10.3. The molecule has 2 N–H and O–H groups in total. The summed E-state index contributed by atoms with van der Waals surface area (Å²) in [5.41, 5.74) is 6.09. The molecule has 106 valence electrons. The second-order valence-corrected chi connectivity index (χ2v) is 6.25. The van der Waals surface area contributed by atoms with Gasteiger partial charge in [-0.1, -0.05) is 6.08 Å². The molecular formula is C13H20N2O3S. The van der Waals surface area contributed by atoms with Crippen LogP contribution >= 0.6 is 0 Å². The van der Waals surface area contributed by atoms with Crippen molar-refractivity contribution in [1.82, 2.24) is 4.31 Å². The standard InChI is InChI=1S/C13H20N2O3S/c1-5-8-15(10(2)3)19(16,17)11-6-7-12(14)13(9-11)18-4/h5-7,9-10H,1,8,14H2,2-4H3. The average Bonchev–Trinajstić information content (AvgIpc) is 2.35. The topological polar surface area (TPSA) is 72.6 Å². The molecule has 0 aliphatic heterocycles. The maximum Gasteiger partial charge on any atom is 0.243 e. The minimum absolute atomic E-state index is 0.161. The van der Waals surface area contributed by atoms with Crippen LogP contribution in [0.2, 0.25) is 0 Å². The summed E-state index contributed by atoms with van der Waals surface area (Å²) in [7, 11) is -2.13. The molecule has 0 amide bonds. The van der Waals surface area contributed by atoms with E-state index in [0.717, 1.165) is 0 Å². The average molecular weight is 284 g/mol. The molecule has 0 heterocycles. The fourth-order valence-electron chi connectivity index (χ4n) is 1.70. The van der Waals surface area contributed by atoms with Crippen molar-refractivity contribution in [2.75, 3.05) is 19.4 Å². The molecule has 0 aliphatic carbocycles. The maximum atomic E-state index is 12.5. The first kappa shape index (κ1) is 15.5. The summed E-state index contributed by atoms with van der Waals surface area (Å²) in [5, 5.41) is 0. The molecule has 0 aliphatic rings. The molecule has 1 aromatic carbocycles. The molecule has 0 saturated carbocycles. The van der Waals surface area contributed by atoms with Gasteiger partial charge in [0.15, 0.2) is 0 Å². The highest BCUT2D eigenvalue weighted by Crippen LogP contribution is 2.27. The number of anilines is 1. The molecule has 19 heavy (non-hydrogen) atoms. The van der Waals surface area contributed by atoms with Crippen LogP contribution < -0.4 is 10.5 Å². The minimum atomic E-state index is -3.59. The van der Waals surface area contributed by atoms with Gasteiger partial charge in [-0.2, -0.15) is 4.31 Å². The fourth-order valence-corrected chi connectivity index (χ4v) is 3.32. The molecule has 5 nitrogen and oxygen atoms in total. The first-order chi connectivity index (χ1) is 8.84. The fraction of sp³-hybridized carbons (Fsp3) is 0.385. The van der Waals surface area contributed by atoms with Gasteiger partial charge < -0.3 is 10.5 Å². The Hall–Kier alpha value is -1.53. The van der Waals surface area contributed by atoms with Crippen molar-refractivity contribution in [1.29, 1.82) is 0 Å². The lowest BCUT2D eigenvalue weighted by Crippen LogP contribution is -2.37. The number of nitrogens with zero attached hydrogens (tertiary/aromatic N) is 1. The third kappa shape index (κ3) is 3.27. The molecule has 0 bridgehead atoms. The third-order valence-corrected chi connectivity index (χ3v) is 4.73. The number of hydrogen-bond donors (Lipinski definition) is 1. The minimum Gasteiger partial charge on any atom is -0.495 e. The number of nitrogen functional groups attached to an aromatic ring is 1. The molecular weight excluding hydrogens is 264 g/mol. The number of sulfonamides is 1. The molecule has 1 aromatic rings. The molecule has 1 rings (SSSR count). The molecule has 0 unspecified atom stereocenters. The van der Waals surface area contributed by atoms with Gasteiger partial charge in [-0.3, -0.25) is 0 Å². The van der Waals surface area contributed by atoms with Gasteiger partial charge in [-0.25, -0.2) is 8.42 Å². The maximum absolute atomic E-state index is 12.5. The number of ether oxygens (including phenoxy) is 1. The van der Waals surface area contributed by atoms with Crippen molar-refractivity contribution in [2.45, 2.75) is 24.8 Å². The first-order valence-electron chi connectivity index (χ1n) is 5.90. The summed E-state index contributed by atoms with van der Waals surface area (Å²) >= 11 is 0. The Kier molecular flexibility index (Phi) is 4.97. The summed E-state index contributed by atoms with van der Waals surface area (Å²) in [6.07, 6.45) is 1.56. The van der Waals surface area contributed by atoms with E-state index in [9.17, 15) is 8.42 Å². The van der Waals surface area contributed by atoms with Gasteiger partial charge in [-0.05, 0) is 26.0 Å². The Balaban J connectivity index is 3.29. The van der Waals surface area contributed by atoms with Crippen LogP contribution in [0.15, 0.2) is 35.7 Å². The van der Waals surface area contributed by atoms with Gasteiger partial charge >= 0.3 is 0 Å². The van der Waals surface area contributed by atoms with Crippen molar-refractivity contribution in [2.24, 2.45) is 0 Å². The highest BCUT2D eigenvalue weighted by atomic mass is 32.2. The zero-order chi connectivity index (χ0) is 14.6. The summed E-state index contributed by atoms with van der Waals surface area (Å²) in [4.78, 5) is 0.161. The summed E-state index contributed by atoms with van der Waals surface area (Å²) in [5.74, 6) is 0.350. The SMILES string of the molecule is C=CCN(C(C)C)S(=O)(=O)c1ccc(N)c(OC)c1. The van der Waals surface area contributed by atoms with Crippen molar-refractivity contribution in [3.63, 3.8) is 0 Å². The predicted molar refractivity (Wildman–Crippen MR) is 76.6 cm³/mol. The summed E-state index contributed by atoms with van der Waals surface area (Å²) in [6, 6.07) is 4.28. The molecule has 0 spiro atoms. The highest BCUT2D eigenvalue weighted by molar-refractivity contribution is 7.89. The van der Waals surface area contributed by atoms with Gasteiger partial charge in [0.2, 0.25) is 10.0 Å². The van der Waals surface area contributed by atoms with Crippen molar-refractivity contribution >= 4 is 15.7 Å². The van der Waals surface area contributed by atoms with Crippen molar-refractivity contribution in [3.8, 4) is 5.75 Å². The Bertz CT molecular complexity index is 553. The monoisotopic (exact) mass is 284 g/mol. The molecule has 0 atom stereocenters. The quantitative estimate of drug-likeness (QED) is 0.639. The van der Waals surface area contributed by atoms with Gasteiger partial charge in [0.05, 0.1) is 17.7 Å². The van der Waals surface area contributed by atoms with Gasteiger partial charge in [0, 0.05) is 18.7 Å². The first-order valence-corrected chi connectivity index (χ1v) is 7.34.